The molecule has 0 aromatic heterocycles. The minimum absolute atomic E-state index is 0.0961. The molecule has 2 aliphatic rings. The molecule has 2 heteroatoms. The number of rotatable bonds is 1. The Morgan fingerprint density at radius 3 is 2.42 bits per heavy atom. The SMILES string of the molecule is C=C/C1=C(\C#N)C2=C(CC(C)SC(C(C)(C)C)C1=C)CC(C)(C)C2. The lowest BCUT2D eigenvalue weighted by molar-refractivity contribution is 0.387. The van der Waals surface area contributed by atoms with Crippen LogP contribution in [0.3, 0.4) is 0 Å². The molecule has 0 radical (unpaired) electrons. The van der Waals surface area contributed by atoms with E-state index in [4.69, 9.17) is 0 Å². The lowest BCUT2D eigenvalue weighted by Gasteiger charge is -2.34. The van der Waals surface area contributed by atoms with Gasteiger partial charge in [0.15, 0.2) is 0 Å². The summed E-state index contributed by atoms with van der Waals surface area (Å²) in [6.07, 6.45) is 4.99. The number of hydrogen-bond acceptors (Lipinski definition) is 2. The Morgan fingerprint density at radius 1 is 1.29 bits per heavy atom. The van der Waals surface area contributed by atoms with Crippen LogP contribution in [0.15, 0.2) is 47.1 Å². The van der Waals surface area contributed by atoms with Crippen LogP contribution in [-0.2, 0) is 0 Å². The van der Waals surface area contributed by atoms with Gasteiger partial charge in [0, 0.05) is 10.5 Å². The van der Waals surface area contributed by atoms with Crippen molar-refractivity contribution in [1.82, 2.24) is 0 Å². The number of thioether (sulfide) groups is 1. The predicted molar refractivity (Wildman–Crippen MR) is 107 cm³/mol. The van der Waals surface area contributed by atoms with E-state index >= 15 is 0 Å². The van der Waals surface area contributed by atoms with Crippen LogP contribution in [0.1, 0.15) is 60.8 Å². The van der Waals surface area contributed by atoms with Gasteiger partial charge in [-0.1, -0.05) is 66.3 Å². The van der Waals surface area contributed by atoms with Gasteiger partial charge in [0.05, 0.1) is 5.57 Å². The number of nitrogens with zero attached hydrogens (tertiary/aromatic N) is 1. The highest BCUT2D eigenvalue weighted by atomic mass is 32.2. The molecular weight excluding hydrogens is 310 g/mol. The smallest absolute Gasteiger partial charge is 0.100 e. The van der Waals surface area contributed by atoms with Crippen molar-refractivity contribution >= 4 is 11.8 Å². The Kier molecular flexibility index (Phi) is 5.26. The first-order chi connectivity index (χ1) is 11.0. The second kappa shape index (κ2) is 6.60. The molecule has 0 bridgehead atoms. The molecule has 0 amide bonds. The van der Waals surface area contributed by atoms with Crippen molar-refractivity contribution in [1.29, 1.82) is 5.26 Å². The monoisotopic (exact) mass is 341 g/mol. The largest absolute Gasteiger partial charge is 0.192 e. The molecule has 0 fully saturated rings. The molecule has 0 spiro atoms. The first kappa shape index (κ1) is 19.1. The molecule has 1 heterocycles. The Balaban J connectivity index is 2.66. The first-order valence-electron chi connectivity index (χ1n) is 8.83. The third-order valence-corrected chi connectivity index (χ3v) is 6.91. The van der Waals surface area contributed by atoms with Gasteiger partial charge >= 0.3 is 0 Å². The van der Waals surface area contributed by atoms with Crippen molar-refractivity contribution in [2.24, 2.45) is 10.8 Å². The Labute approximate surface area is 152 Å². The zero-order valence-electron chi connectivity index (χ0n) is 16.1. The summed E-state index contributed by atoms with van der Waals surface area (Å²) >= 11 is 2.00. The Bertz CT molecular complexity index is 661. The van der Waals surface area contributed by atoms with Gasteiger partial charge in [-0.05, 0) is 46.8 Å². The predicted octanol–water partition coefficient (Wildman–Crippen LogP) is 6.61. The summed E-state index contributed by atoms with van der Waals surface area (Å²) in [5.41, 5.74) is 5.92. The van der Waals surface area contributed by atoms with Crippen LogP contribution in [0.25, 0.3) is 0 Å². The maximum atomic E-state index is 9.95. The summed E-state index contributed by atoms with van der Waals surface area (Å²) < 4.78 is 0. The minimum Gasteiger partial charge on any atom is -0.192 e. The van der Waals surface area contributed by atoms with Crippen molar-refractivity contribution in [3.05, 3.63) is 47.1 Å². The molecule has 0 aromatic rings. The van der Waals surface area contributed by atoms with Crippen LogP contribution in [0.5, 0.6) is 0 Å². The molecule has 130 valence electrons. The highest BCUT2D eigenvalue weighted by Crippen LogP contribution is 2.50. The highest BCUT2D eigenvalue weighted by molar-refractivity contribution is 8.00. The molecule has 2 rings (SSSR count). The standard InChI is InChI=1S/C22H31NS/c1-9-17-15(3)20(21(4,5)6)24-14(2)10-16-11-22(7,8)12-18(16)19(17)13-23/h9,14,20H,1,3,10-12H2,2,4-8H3/b19-17-. The van der Waals surface area contributed by atoms with E-state index in [1.165, 1.54) is 11.1 Å². The first-order valence-corrected chi connectivity index (χ1v) is 9.77. The van der Waals surface area contributed by atoms with Crippen molar-refractivity contribution in [2.45, 2.75) is 71.3 Å². The van der Waals surface area contributed by atoms with E-state index in [1.807, 2.05) is 17.8 Å². The van der Waals surface area contributed by atoms with Gasteiger partial charge in [-0.3, -0.25) is 0 Å². The zero-order valence-corrected chi connectivity index (χ0v) is 16.9. The van der Waals surface area contributed by atoms with Crippen LogP contribution in [0.2, 0.25) is 0 Å². The molecule has 0 aromatic carbocycles. The third kappa shape index (κ3) is 3.72. The topological polar surface area (TPSA) is 23.8 Å². The third-order valence-electron chi connectivity index (χ3n) is 5.01. The normalized spacial score (nSPS) is 31.0. The van der Waals surface area contributed by atoms with E-state index in [0.717, 1.165) is 36.0 Å². The number of hydrogen-bond donors (Lipinski definition) is 0. The summed E-state index contributed by atoms with van der Waals surface area (Å²) in [7, 11) is 0. The van der Waals surface area contributed by atoms with E-state index in [1.54, 1.807) is 0 Å². The van der Waals surface area contributed by atoms with Gasteiger partial charge in [-0.2, -0.15) is 5.26 Å². The van der Waals surface area contributed by atoms with Crippen molar-refractivity contribution in [2.75, 3.05) is 0 Å². The Morgan fingerprint density at radius 2 is 1.92 bits per heavy atom. The van der Waals surface area contributed by atoms with Crippen LogP contribution in [0.4, 0.5) is 0 Å². The van der Waals surface area contributed by atoms with Crippen LogP contribution < -0.4 is 0 Å². The summed E-state index contributed by atoms with van der Waals surface area (Å²) in [5.74, 6) is 0. The summed E-state index contributed by atoms with van der Waals surface area (Å²) in [4.78, 5) is 0. The molecule has 1 aliphatic carbocycles. The van der Waals surface area contributed by atoms with Gasteiger partial charge in [0.1, 0.15) is 6.07 Å². The van der Waals surface area contributed by atoms with Gasteiger partial charge in [-0.15, -0.1) is 11.8 Å². The Hall–Kier alpha value is -1.20. The average molecular weight is 342 g/mol. The van der Waals surface area contributed by atoms with E-state index in [9.17, 15) is 5.26 Å². The van der Waals surface area contributed by atoms with E-state index in [2.05, 4.69) is 60.8 Å². The second-order valence-corrected chi connectivity index (χ2v) is 10.7. The maximum absolute atomic E-state index is 9.95. The molecule has 2 unspecified atom stereocenters. The van der Waals surface area contributed by atoms with Gasteiger partial charge < -0.3 is 0 Å². The molecule has 1 nitrogen and oxygen atoms in total. The molecule has 2 atom stereocenters. The van der Waals surface area contributed by atoms with E-state index < -0.39 is 0 Å². The minimum atomic E-state index is 0.0961. The van der Waals surface area contributed by atoms with Crippen molar-refractivity contribution < 1.29 is 0 Å². The summed E-state index contributed by atoms with van der Waals surface area (Å²) in [6.45, 7) is 22.1. The lowest BCUT2D eigenvalue weighted by Crippen LogP contribution is -2.27. The van der Waals surface area contributed by atoms with E-state index in [-0.39, 0.29) is 16.1 Å². The van der Waals surface area contributed by atoms with Gasteiger partial charge in [0.2, 0.25) is 0 Å². The van der Waals surface area contributed by atoms with Crippen LogP contribution in [-0.4, -0.2) is 10.5 Å². The fourth-order valence-corrected chi connectivity index (χ4v) is 5.53. The second-order valence-electron chi connectivity index (χ2n) is 9.13. The van der Waals surface area contributed by atoms with E-state index in [0.29, 0.717) is 5.25 Å². The molecular formula is C22H31NS. The maximum Gasteiger partial charge on any atom is 0.100 e. The molecule has 0 saturated carbocycles. The van der Waals surface area contributed by atoms with Crippen molar-refractivity contribution in [3.8, 4) is 6.07 Å². The lowest BCUT2D eigenvalue weighted by atomic mass is 9.82. The van der Waals surface area contributed by atoms with Gasteiger partial charge in [-0.25, -0.2) is 0 Å². The summed E-state index contributed by atoms with van der Waals surface area (Å²) in [5, 5.41) is 10.8. The molecule has 24 heavy (non-hydrogen) atoms. The van der Waals surface area contributed by atoms with Gasteiger partial charge in [0.25, 0.3) is 0 Å². The summed E-state index contributed by atoms with van der Waals surface area (Å²) in [6, 6.07) is 2.51. The molecule has 1 aliphatic heterocycles. The van der Waals surface area contributed by atoms with Crippen LogP contribution >= 0.6 is 11.8 Å². The fraction of sp³-hybridized carbons (Fsp3) is 0.591. The highest BCUT2D eigenvalue weighted by Gasteiger charge is 2.38. The number of nitriles is 1. The fourth-order valence-electron chi connectivity index (χ4n) is 4.07. The van der Waals surface area contributed by atoms with Crippen LogP contribution in [0, 0.1) is 22.2 Å². The van der Waals surface area contributed by atoms with Crippen molar-refractivity contribution in [3.63, 3.8) is 0 Å². The zero-order chi connectivity index (χ0) is 18.3. The molecule has 0 N–H and O–H groups in total. The molecule has 0 saturated heterocycles. The average Bonchev–Trinajstić information content (AvgIpc) is 2.75. The number of allylic oxidation sites excluding steroid dienone is 5. The quantitative estimate of drug-likeness (QED) is 0.536.